The molecular weight excluding hydrogens is 1240 g/mol. The second-order valence-corrected chi connectivity index (χ2v) is 34.5. The molecule has 5 saturated carbocycles. The number of aromatic nitrogens is 1. The number of nitrogens with zero attached hydrogens (tertiary/aromatic N) is 1. The molecule has 11 bridgehead atoms. The van der Waals surface area contributed by atoms with E-state index in [9.17, 15) is 35.4 Å². The molecule has 498 valence electrons. The van der Waals surface area contributed by atoms with E-state index in [1.54, 1.807) is 24.1 Å². The summed E-state index contributed by atoms with van der Waals surface area (Å²) in [6, 6.07) is 7.85. The van der Waals surface area contributed by atoms with Crippen LogP contribution in [0.15, 0.2) is 42.6 Å². The van der Waals surface area contributed by atoms with Crippen LogP contribution in [0.25, 0.3) is 33.3 Å². The maximum Gasteiger partial charge on any atom is 0.254 e. The van der Waals surface area contributed by atoms with Gasteiger partial charge >= 0.3 is 0 Å². The number of amides is 1. The van der Waals surface area contributed by atoms with E-state index in [-0.39, 0.29) is 89.2 Å². The van der Waals surface area contributed by atoms with Crippen LogP contribution in [-0.2, 0) is 51.9 Å². The van der Waals surface area contributed by atoms with Gasteiger partial charge in [0.05, 0.1) is 49.0 Å². The summed E-state index contributed by atoms with van der Waals surface area (Å²) in [4.78, 5) is 35.7. The van der Waals surface area contributed by atoms with Gasteiger partial charge in [0.1, 0.15) is 41.7 Å². The zero-order chi connectivity index (χ0) is 64.2. The van der Waals surface area contributed by atoms with Crippen LogP contribution >= 0.6 is 21.6 Å². The molecule has 7 N–H and O–H groups in total. The van der Waals surface area contributed by atoms with E-state index in [4.69, 9.17) is 23.7 Å². The SMILES string of the molecule is COc1c2c3c4c(O)c(c5c6c4c1CCC6=CC1CCCC51)C(=O)CN1Cc4c(cccc4C1=O)CC#COC1C(O)C(COC(c4c[nH]c5cc6c7c(c45)CC4(CC5CC8CCCC8(O)CC75CC6)CC56CCC(C5)C(CCO)CSSCC4C6)C=C2)OC(O3)C1(O)CO. The van der Waals surface area contributed by atoms with Crippen molar-refractivity contribution in [3.63, 3.8) is 0 Å². The number of carbonyl (C=O) groups excluding carboxylic acids is 2. The van der Waals surface area contributed by atoms with Crippen LogP contribution in [0, 0.1) is 58.4 Å². The third-order valence-electron chi connectivity index (χ3n) is 27.6. The Balaban J connectivity index is 0.830. The molecule has 9 aliphatic carbocycles. The molecule has 2 saturated heterocycles. The first kappa shape index (κ1) is 60.6. The Morgan fingerprint density at radius 1 is 0.884 bits per heavy atom. The van der Waals surface area contributed by atoms with Crippen LogP contribution in [0.4, 0.5) is 0 Å². The number of nitrogens with one attached hydrogen (secondary N) is 1. The number of hydrogen-bond donors (Lipinski definition) is 7. The third kappa shape index (κ3) is 8.72. The Morgan fingerprint density at radius 2 is 1.78 bits per heavy atom. The standard InChI is InChI=1S/C78H86N2O13S2/c1-89-69-51-13-12-42-24-41-7-3-10-49(41)62-60(42)63(51)65-68(85)64(62)57(83)33-80-32-55-40(6-2-11-50(55)72(80)86)8-5-23-90-71-67(84)59-34-91-58(15-14-52(69)70(65)93-73(92-59)78(71,88)39-82)54-31-79-56-25-43-17-21-76-38-77(87)19-4-9-46(77)26-47(76)29-75(30-53(61(54)56)66(43)76)37-74-20-16-44(27-74)45(18-22-81)35-94-95-36-48(75)28-74/h2,6,11,14-15,24-25,31,41,44-49,58-59,67,71,73,79,81-82,84-85,87-88H,3-4,7-10,12-13,16-22,26-30,32-39H2,1H3. The third-order valence-corrected chi connectivity index (χ3v) is 30.2. The van der Waals surface area contributed by atoms with Gasteiger partial charge in [0.2, 0.25) is 6.29 Å². The molecule has 17 unspecified atom stereocenters. The van der Waals surface area contributed by atoms with Crippen molar-refractivity contribution in [2.75, 3.05) is 45.0 Å². The first-order valence-electron chi connectivity index (χ1n) is 35.8. The minimum Gasteiger partial charge on any atom is -0.506 e. The number of aryl methyl sites for hydroxylation is 2. The number of phenolic OH excluding ortho intramolecular Hbond substituents is 1. The minimum atomic E-state index is -2.50. The van der Waals surface area contributed by atoms with Gasteiger partial charge in [-0.3, -0.25) is 9.59 Å². The number of aromatic amines is 1. The second-order valence-electron chi connectivity index (χ2n) is 32.0. The highest BCUT2D eigenvalue weighted by atomic mass is 33.1. The summed E-state index contributed by atoms with van der Waals surface area (Å²) in [5, 5.41) is 76.7. The number of allylic oxidation sites excluding steroid dienone is 2. The lowest BCUT2D eigenvalue weighted by molar-refractivity contribution is -0.328. The molecular formula is C78H86N2O13S2. The van der Waals surface area contributed by atoms with Crippen molar-refractivity contribution in [2.24, 2.45) is 46.3 Å². The van der Waals surface area contributed by atoms with Crippen molar-refractivity contribution in [1.82, 2.24) is 9.88 Å². The monoisotopic (exact) mass is 1320 g/mol. The average molecular weight is 1320 g/mol. The lowest BCUT2D eigenvalue weighted by atomic mass is 9.54. The maximum atomic E-state index is 15.8. The average Bonchev–Trinajstić information content (AvgIpc) is 1.63. The predicted molar refractivity (Wildman–Crippen MR) is 362 cm³/mol. The van der Waals surface area contributed by atoms with Crippen LogP contribution in [0.1, 0.15) is 198 Å². The summed E-state index contributed by atoms with van der Waals surface area (Å²) >= 11 is 0. The highest BCUT2D eigenvalue weighted by Gasteiger charge is 2.66. The summed E-state index contributed by atoms with van der Waals surface area (Å²) in [7, 11) is 5.74. The number of benzene rings is 4. The van der Waals surface area contributed by atoms with Gasteiger partial charge in [-0.2, -0.15) is 0 Å². The highest BCUT2D eigenvalue weighted by Crippen LogP contribution is 2.73. The van der Waals surface area contributed by atoms with Gasteiger partial charge in [-0.1, -0.05) is 64.6 Å². The number of carbonyl (C=O) groups is 2. The van der Waals surface area contributed by atoms with E-state index in [0.29, 0.717) is 64.7 Å². The molecule has 3 spiro atoms. The van der Waals surface area contributed by atoms with E-state index >= 15 is 4.79 Å². The van der Waals surface area contributed by atoms with Crippen molar-refractivity contribution >= 4 is 66.6 Å². The van der Waals surface area contributed by atoms with Gasteiger partial charge in [-0.05, 0) is 231 Å². The fourth-order valence-corrected chi connectivity index (χ4v) is 26.7. The molecule has 15 nitrogen and oxygen atoms in total. The summed E-state index contributed by atoms with van der Waals surface area (Å²) in [5.41, 5.74) is 9.06. The Labute approximate surface area is 561 Å². The Kier molecular flexibility index (Phi) is 14.0. The lowest BCUT2D eigenvalue weighted by Crippen LogP contribution is -2.70. The van der Waals surface area contributed by atoms with Crippen molar-refractivity contribution in [3.05, 3.63) is 109 Å². The van der Waals surface area contributed by atoms with E-state index in [2.05, 4.69) is 46.1 Å². The molecule has 17 heteroatoms. The summed E-state index contributed by atoms with van der Waals surface area (Å²) in [6.07, 6.45) is 23.9. The molecule has 7 fully saturated rings. The van der Waals surface area contributed by atoms with E-state index in [1.807, 2.05) is 29.0 Å². The fraction of sp³-hybridized carbons (Fsp3) is 0.590. The number of H-pyrrole nitrogens is 1. The first-order chi connectivity index (χ1) is 46.2. The van der Waals surface area contributed by atoms with Crippen LogP contribution in [-0.4, -0.2) is 133 Å². The second kappa shape index (κ2) is 22.0. The molecule has 14 aliphatic rings. The molecule has 5 aromatic rings. The van der Waals surface area contributed by atoms with Crippen LogP contribution in [0.2, 0.25) is 0 Å². The topological polar surface area (TPSA) is 221 Å². The Hall–Kier alpha value is -5.52. The van der Waals surface area contributed by atoms with E-state index in [0.717, 1.165) is 145 Å². The molecule has 17 atom stereocenters. The van der Waals surface area contributed by atoms with E-state index in [1.165, 1.54) is 48.8 Å². The first-order valence-corrected chi connectivity index (χ1v) is 38.3. The summed E-state index contributed by atoms with van der Waals surface area (Å²) in [6.45, 7) is -1.13. The minimum absolute atomic E-state index is 0.00341. The Morgan fingerprint density at radius 3 is 2.65 bits per heavy atom. The van der Waals surface area contributed by atoms with Crippen molar-refractivity contribution in [2.45, 2.75) is 195 Å². The van der Waals surface area contributed by atoms with Gasteiger partial charge in [0.15, 0.2) is 17.5 Å². The largest absolute Gasteiger partial charge is 0.506 e. The summed E-state index contributed by atoms with van der Waals surface area (Å²) in [5.74, 6) is 7.21. The number of rotatable bonds is 5. The number of aliphatic hydroxyl groups is 5. The van der Waals surface area contributed by atoms with Crippen molar-refractivity contribution < 1.29 is 63.9 Å². The zero-order valence-corrected chi connectivity index (χ0v) is 55.8. The van der Waals surface area contributed by atoms with Crippen molar-refractivity contribution in [1.29, 1.82) is 0 Å². The number of fused-ring (bicyclic) bond motifs is 13. The molecule has 95 heavy (non-hydrogen) atoms. The van der Waals surface area contributed by atoms with Crippen molar-refractivity contribution in [3.8, 4) is 29.3 Å². The zero-order valence-electron chi connectivity index (χ0n) is 54.2. The molecule has 1 amide bonds. The van der Waals surface area contributed by atoms with E-state index < -0.39 is 54.3 Å². The predicted octanol–water partition coefficient (Wildman–Crippen LogP) is 11.6. The number of aromatic hydroxyl groups is 1. The number of phenols is 1. The molecule has 19 rings (SSSR count). The number of Topliss-reactive ketones (excluding diaryl/α,β-unsaturated/α-hetero) is 1. The smallest absolute Gasteiger partial charge is 0.254 e. The number of methoxy groups -OCH3 is 1. The lowest BCUT2D eigenvalue weighted by Gasteiger charge is -2.52. The van der Waals surface area contributed by atoms with Crippen LogP contribution in [0.5, 0.6) is 17.2 Å². The highest BCUT2D eigenvalue weighted by molar-refractivity contribution is 8.76. The van der Waals surface area contributed by atoms with Crippen LogP contribution in [0.3, 0.4) is 0 Å². The fourth-order valence-electron chi connectivity index (χ4n) is 23.6. The molecule has 6 heterocycles. The van der Waals surface area contributed by atoms with Gasteiger partial charge in [0.25, 0.3) is 5.91 Å². The Bertz CT molecular complexity index is 4260. The van der Waals surface area contributed by atoms with Gasteiger partial charge in [-0.15, -0.1) is 0 Å². The normalized spacial score (nSPS) is 38.4. The number of ketones is 1. The number of hydrogen-bond acceptors (Lipinski definition) is 15. The quantitative estimate of drug-likeness (QED) is 0.0643. The molecule has 0 radical (unpaired) electrons. The molecule has 4 aromatic carbocycles. The maximum absolute atomic E-state index is 15.8. The van der Waals surface area contributed by atoms with Crippen LogP contribution < -0.4 is 9.47 Å². The van der Waals surface area contributed by atoms with Gasteiger partial charge in [0, 0.05) is 75.7 Å². The molecule has 1 aromatic heterocycles. The van der Waals surface area contributed by atoms with Gasteiger partial charge < -0.3 is 64.2 Å². The number of ether oxygens (including phenoxy) is 5. The molecule has 5 aliphatic heterocycles. The number of aliphatic hydroxyl groups excluding tert-OH is 3. The summed E-state index contributed by atoms with van der Waals surface area (Å²) < 4.78 is 34.5. The van der Waals surface area contributed by atoms with Gasteiger partial charge in [-0.25, -0.2) is 0 Å².